The summed E-state index contributed by atoms with van der Waals surface area (Å²) in [5, 5.41) is 4.76. The van der Waals surface area contributed by atoms with Crippen molar-refractivity contribution in [3.8, 4) is 11.4 Å². The first-order chi connectivity index (χ1) is 12.1. The monoisotopic (exact) mass is 354 g/mol. The summed E-state index contributed by atoms with van der Waals surface area (Å²) in [6, 6.07) is 7.64. The maximum Gasteiger partial charge on any atom is 0.159 e. The molecule has 1 aromatic carbocycles. The van der Waals surface area contributed by atoms with Crippen molar-refractivity contribution in [3.05, 3.63) is 63.8 Å². The molecule has 1 aliphatic rings. The second-order valence-corrected chi connectivity index (χ2v) is 6.87. The summed E-state index contributed by atoms with van der Waals surface area (Å²) in [6.07, 6.45) is 2.87. The van der Waals surface area contributed by atoms with E-state index in [1.807, 2.05) is 44.3 Å². The Bertz CT molecular complexity index is 885. The van der Waals surface area contributed by atoms with Crippen LogP contribution in [0.5, 0.6) is 0 Å². The van der Waals surface area contributed by atoms with Crippen LogP contribution in [0.3, 0.4) is 0 Å². The Labute approximate surface area is 151 Å². The van der Waals surface area contributed by atoms with Crippen molar-refractivity contribution >= 4 is 11.6 Å². The van der Waals surface area contributed by atoms with E-state index < -0.39 is 0 Å². The van der Waals surface area contributed by atoms with E-state index in [1.54, 1.807) is 0 Å². The molecule has 0 fully saturated rings. The van der Waals surface area contributed by atoms with Crippen LogP contribution in [0, 0.1) is 13.8 Å². The Hall–Kier alpha value is -2.24. The molecule has 0 aliphatic carbocycles. The second-order valence-electron chi connectivity index (χ2n) is 6.44. The maximum atomic E-state index is 5.95. The first-order valence-electron chi connectivity index (χ1n) is 8.35. The van der Waals surface area contributed by atoms with Gasteiger partial charge in [-0.15, -0.1) is 0 Å². The van der Waals surface area contributed by atoms with Gasteiger partial charge in [-0.25, -0.2) is 9.97 Å². The minimum absolute atomic E-state index is 0.719. The smallest absolute Gasteiger partial charge is 0.159 e. The average Bonchev–Trinajstić information content (AvgIpc) is 2.94. The van der Waals surface area contributed by atoms with Crippen molar-refractivity contribution in [2.45, 2.75) is 33.4 Å². The quantitative estimate of drug-likeness (QED) is 0.712. The molecule has 0 N–H and O–H groups in total. The standard InChI is InChI=1S/C19H19ClN4O/c1-12-17(13(2)25-23-12)11-24-8-7-18-15(10-24)9-21-19(22-18)14-3-5-16(20)6-4-14/h3-6,9H,7-8,10-11H2,1-2H3. The first kappa shape index (κ1) is 16.2. The third-order valence-electron chi connectivity index (χ3n) is 4.68. The number of hydrogen-bond acceptors (Lipinski definition) is 5. The lowest BCUT2D eigenvalue weighted by Gasteiger charge is -2.27. The number of fused-ring (bicyclic) bond motifs is 1. The molecule has 5 nitrogen and oxygen atoms in total. The van der Waals surface area contributed by atoms with Crippen molar-refractivity contribution in [2.75, 3.05) is 6.54 Å². The van der Waals surface area contributed by atoms with E-state index >= 15 is 0 Å². The molecule has 0 bridgehead atoms. The van der Waals surface area contributed by atoms with Gasteiger partial charge in [0.1, 0.15) is 5.76 Å². The highest BCUT2D eigenvalue weighted by atomic mass is 35.5. The van der Waals surface area contributed by atoms with Crippen LogP contribution < -0.4 is 0 Å². The number of hydrogen-bond donors (Lipinski definition) is 0. The normalized spacial score (nSPS) is 14.5. The molecule has 6 heteroatoms. The first-order valence-corrected chi connectivity index (χ1v) is 8.73. The molecule has 0 amide bonds. The number of benzene rings is 1. The highest BCUT2D eigenvalue weighted by Gasteiger charge is 2.21. The summed E-state index contributed by atoms with van der Waals surface area (Å²) in [5.74, 6) is 1.66. The Morgan fingerprint density at radius 3 is 2.72 bits per heavy atom. The van der Waals surface area contributed by atoms with Crippen molar-refractivity contribution in [2.24, 2.45) is 0 Å². The zero-order valence-corrected chi connectivity index (χ0v) is 15.0. The second kappa shape index (κ2) is 6.58. The fourth-order valence-corrected chi connectivity index (χ4v) is 3.32. The molecule has 0 unspecified atom stereocenters. The summed E-state index contributed by atoms with van der Waals surface area (Å²) in [6.45, 7) is 6.62. The molecule has 25 heavy (non-hydrogen) atoms. The van der Waals surface area contributed by atoms with E-state index in [0.29, 0.717) is 0 Å². The molecule has 0 saturated heterocycles. The number of nitrogens with zero attached hydrogens (tertiary/aromatic N) is 4. The van der Waals surface area contributed by atoms with Gasteiger partial charge in [-0.1, -0.05) is 16.8 Å². The summed E-state index contributed by atoms with van der Waals surface area (Å²) in [5.41, 5.74) is 5.47. The zero-order valence-electron chi connectivity index (χ0n) is 14.3. The van der Waals surface area contributed by atoms with Crippen molar-refractivity contribution in [1.82, 2.24) is 20.0 Å². The lowest BCUT2D eigenvalue weighted by molar-refractivity contribution is 0.241. The fraction of sp³-hybridized carbons (Fsp3) is 0.316. The SMILES string of the molecule is Cc1noc(C)c1CN1CCc2nc(-c3ccc(Cl)cc3)ncc2C1. The molecule has 1 aliphatic heterocycles. The van der Waals surface area contributed by atoms with Crippen LogP contribution in [-0.2, 0) is 19.5 Å². The number of aromatic nitrogens is 3. The molecule has 4 rings (SSSR count). The van der Waals surface area contributed by atoms with Crippen LogP contribution in [0.2, 0.25) is 5.02 Å². The molecule has 0 atom stereocenters. The number of aryl methyl sites for hydroxylation is 2. The van der Waals surface area contributed by atoms with Gasteiger partial charge in [0.15, 0.2) is 5.82 Å². The molecule has 0 radical (unpaired) electrons. The maximum absolute atomic E-state index is 5.95. The third-order valence-corrected chi connectivity index (χ3v) is 4.93. The van der Waals surface area contributed by atoms with Gasteiger partial charge in [0.05, 0.1) is 11.4 Å². The van der Waals surface area contributed by atoms with Gasteiger partial charge in [0, 0.05) is 54.0 Å². The highest BCUT2D eigenvalue weighted by Crippen LogP contribution is 2.24. The molecule has 2 aromatic heterocycles. The van der Waals surface area contributed by atoms with Crippen LogP contribution in [0.15, 0.2) is 35.0 Å². The van der Waals surface area contributed by atoms with Gasteiger partial charge in [-0.05, 0) is 38.1 Å². The molecular weight excluding hydrogens is 336 g/mol. The number of rotatable bonds is 3. The van der Waals surface area contributed by atoms with Gasteiger partial charge < -0.3 is 4.52 Å². The van der Waals surface area contributed by atoms with E-state index in [1.165, 1.54) is 11.1 Å². The Balaban J connectivity index is 1.53. The van der Waals surface area contributed by atoms with Crippen LogP contribution in [0.4, 0.5) is 0 Å². The summed E-state index contributed by atoms with van der Waals surface area (Å²) in [4.78, 5) is 11.7. The molecule has 0 saturated carbocycles. The molecule has 3 heterocycles. The van der Waals surface area contributed by atoms with Crippen LogP contribution in [0.1, 0.15) is 28.3 Å². The molecule has 0 spiro atoms. The van der Waals surface area contributed by atoms with Gasteiger partial charge in [0.25, 0.3) is 0 Å². The van der Waals surface area contributed by atoms with E-state index in [0.717, 1.165) is 59.6 Å². The number of halogens is 1. The van der Waals surface area contributed by atoms with Crippen LogP contribution in [0.25, 0.3) is 11.4 Å². The topological polar surface area (TPSA) is 55.1 Å². The summed E-state index contributed by atoms with van der Waals surface area (Å²) < 4.78 is 5.27. The van der Waals surface area contributed by atoms with Gasteiger partial charge in [-0.3, -0.25) is 4.90 Å². The zero-order chi connectivity index (χ0) is 17.4. The van der Waals surface area contributed by atoms with Crippen molar-refractivity contribution in [1.29, 1.82) is 0 Å². The predicted octanol–water partition coefficient (Wildman–Crippen LogP) is 3.96. The third kappa shape index (κ3) is 3.30. The Kier molecular flexibility index (Phi) is 4.27. The highest BCUT2D eigenvalue weighted by molar-refractivity contribution is 6.30. The van der Waals surface area contributed by atoms with E-state index in [2.05, 4.69) is 15.0 Å². The molecule has 3 aromatic rings. The average molecular weight is 355 g/mol. The lowest BCUT2D eigenvalue weighted by Crippen LogP contribution is -2.31. The van der Waals surface area contributed by atoms with Gasteiger partial charge in [-0.2, -0.15) is 0 Å². The molecular formula is C19H19ClN4O. The predicted molar refractivity (Wildman–Crippen MR) is 96.3 cm³/mol. The Morgan fingerprint density at radius 1 is 1.20 bits per heavy atom. The van der Waals surface area contributed by atoms with Crippen molar-refractivity contribution in [3.63, 3.8) is 0 Å². The lowest BCUT2D eigenvalue weighted by atomic mass is 10.1. The van der Waals surface area contributed by atoms with Gasteiger partial charge >= 0.3 is 0 Å². The fourth-order valence-electron chi connectivity index (χ4n) is 3.20. The van der Waals surface area contributed by atoms with E-state index in [9.17, 15) is 0 Å². The largest absolute Gasteiger partial charge is 0.361 e. The minimum Gasteiger partial charge on any atom is -0.361 e. The van der Waals surface area contributed by atoms with Crippen molar-refractivity contribution < 1.29 is 4.52 Å². The summed E-state index contributed by atoms with van der Waals surface area (Å²) in [7, 11) is 0. The van der Waals surface area contributed by atoms with Gasteiger partial charge in [0.2, 0.25) is 0 Å². The Morgan fingerprint density at radius 2 is 2.00 bits per heavy atom. The minimum atomic E-state index is 0.719. The van der Waals surface area contributed by atoms with E-state index in [4.69, 9.17) is 21.1 Å². The van der Waals surface area contributed by atoms with Crippen LogP contribution >= 0.6 is 11.6 Å². The van der Waals surface area contributed by atoms with Crippen LogP contribution in [-0.4, -0.2) is 26.6 Å². The summed E-state index contributed by atoms with van der Waals surface area (Å²) >= 11 is 5.95. The molecule has 128 valence electrons. The van der Waals surface area contributed by atoms with E-state index in [-0.39, 0.29) is 0 Å².